The Hall–Kier alpha value is -2.58. The molecule has 5 nitrogen and oxygen atoms in total. The van der Waals surface area contributed by atoms with Gasteiger partial charge in [-0.3, -0.25) is 4.90 Å². The van der Waals surface area contributed by atoms with Gasteiger partial charge in [-0.05, 0) is 35.4 Å². The van der Waals surface area contributed by atoms with E-state index in [-0.39, 0.29) is 17.4 Å². The fourth-order valence-corrected chi connectivity index (χ4v) is 4.31. The number of hydrogen-bond donors (Lipinski definition) is 0. The molecule has 0 atom stereocenters. The van der Waals surface area contributed by atoms with Gasteiger partial charge in [0.25, 0.3) is 0 Å². The second-order valence-corrected chi connectivity index (χ2v) is 8.05. The first-order chi connectivity index (χ1) is 14.1. The number of halogens is 2. The Balaban J connectivity index is 1.31. The summed E-state index contributed by atoms with van der Waals surface area (Å²) in [6.45, 7) is 4.16. The first-order valence-corrected chi connectivity index (χ1v) is 10.3. The minimum absolute atomic E-state index is 0.234. The second kappa shape index (κ2) is 8.84. The van der Waals surface area contributed by atoms with Crippen molar-refractivity contribution in [3.05, 3.63) is 70.2 Å². The Kier molecular flexibility index (Phi) is 6.01. The zero-order valence-electron chi connectivity index (χ0n) is 16.1. The fourth-order valence-electron chi connectivity index (χ4n) is 3.38. The van der Waals surface area contributed by atoms with Crippen molar-refractivity contribution in [2.75, 3.05) is 38.2 Å². The molecular weight excluding hydrogens is 394 g/mol. The molecule has 1 aliphatic rings. The lowest BCUT2D eigenvalue weighted by Crippen LogP contribution is -2.45. The maximum Gasteiger partial charge on any atom is 0.208 e. The van der Waals surface area contributed by atoms with Crippen LogP contribution in [0.4, 0.5) is 13.9 Å². The summed E-state index contributed by atoms with van der Waals surface area (Å²) in [6.07, 6.45) is 0.654. The predicted octanol–water partition coefficient (Wildman–Crippen LogP) is 3.74. The number of hydrogen-bond acceptors (Lipinski definition) is 6. The Labute approximate surface area is 172 Å². The molecule has 0 amide bonds. The van der Waals surface area contributed by atoms with Gasteiger partial charge in [0.15, 0.2) is 11.6 Å². The van der Waals surface area contributed by atoms with Crippen LogP contribution in [0, 0.1) is 11.6 Å². The minimum atomic E-state index is -0.328. The van der Waals surface area contributed by atoms with Crippen LogP contribution >= 0.6 is 11.3 Å². The van der Waals surface area contributed by atoms with Gasteiger partial charge in [-0.25, -0.2) is 8.78 Å². The number of nitrogens with zero attached hydrogens (tertiary/aromatic N) is 4. The van der Waals surface area contributed by atoms with Gasteiger partial charge in [-0.2, -0.15) is 0 Å². The molecule has 1 saturated heterocycles. The van der Waals surface area contributed by atoms with Gasteiger partial charge in [0.05, 0.1) is 7.11 Å². The van der Waals surface area contributed by atoms with Gasteiger partial charge >= 0.3 is 0 Å². The summed E-state index contributed by atoms with van der Waals surface area (Å²) in [7, 11) is 1.47. The van der Waals surface area contributed by atoms with E-state index >= 15 is 0 Å². The average Bonchev–Trinajstić information content (AvgIpc) is 3.19. The normalized spacial score (nSPS) is 14.9. The molecule has 0 N–H and O–H groups in total. The SMILES string of the molecule is COc1ccc(CN2CCN(c3nnc(Cc4ccc(F)cc4)s3)CC2)cc1F. The Bertz CT molecular complexity index is 956. The van der Waals surface area contributed by atoms with E-state index in [0.29, 0.717) is 13.0 Å². The van der Waals surface area contributed by atoms with E-state index in [9.17, 15) is 8.78 Å². The van der Waals surface area contributed by atoms with E-state index in [0.717, 1.165) is 47.4 Å². The molecule has 29 heavy (non-hydrogen) atoms. The highest BCUT2D eigenvalue weighted by molar-refractivity contribution is 7.15. The Morgan fingerprint density at radius 2 is 1.69 bits per heavy atom. The molecule has 0 radical (unpaired) electrons. The van der Waals surface area contributed by atoms with Crippen molar-refractivity contribution in [2.24, 2.45) is 0 Å². The molecule has 0 saturated carbocycles. The molecular formula is C21H22F2N4OS. The minimum Gasteiger partial charge on any atom is -0.494 e. The molecule has 152 valence electrons. The number of rotatable bonds is 6. The fraction of sp³-hybridized carbons (Fsp3) is 0.333. The Morgan fingerprint density at radius 1 is 0.966 bits per heavy atom. The smallest absolute Gasteiger partial charge is 0.208 e. The molecule has 2 heterocycles. The van der Waals surface area contributed by atoms with Crippen LogP contribution in [0.2, 0.25) is 0 Å². The number of piperazine rings is 1. The first kappa shape index (κ1) is 19.7. The third-order valence-corrected chi connectivity index (χ3v) is 5.97. The summed E-state index contributed by atoms with van der Waals surface area (Å²) in [6, 6.07) is 11.6. The van der Waals surface area contributed by atoms with Crippen molar-refractivity contribution >= 4 is 16.5 Å². The highest BCUT2D eigenvalue weighted by atomic mass is 32.1. The molecule has 0 spiro atoms. The van der Waals surface area contributed by atoms with Gasteiger partial charge in [0.2, 0.25) is 5.13 Å². The quantitative estimate of drug-likeness (QED) is 0.612. The van der Waals surface area contributed by atoms with Crippen LogP contribution in [0.25, 0.3) is 0 Å². The van der Waals surface area contributed by atoms with E-state index in [1.165, 1.54) is 25.3 Å². The Morgan fingerprint density at radius 3 is 2.38 bits per heavy atom. The van der Waals surface area contributed by atoms with E-state index in [4.69, 9.17) is 4.74 Å². The summed E-state index contributed by atoms with van der Waals surface area (Å²) in [4.78, 5) is 4.54. The summed E-state index contributed by atoms with van der Waals surface area (Å²) >= 11 is 1.58. The van der Waals surface area contributed by atoms with Gasteiger partial charge < -0.3 is 9.64 Å². The molecule has 8 heteroatoms. The van der Waals surface area contributed by atoms with Crippen LogP contribution in [0.1, 0.15) is 16.1 Å². The molecule has 0 bridgehead atoms. The molecule has 2 aromatic carbocycles. The number of aromatic nitrogens is 2. The third-order valence-electron chi connectivity index (χ3n) is 4.99. The second-order valence-electron chi connectivity index (χ2n) is 7.01. The van der Waals surface area contributed by atoms with Crippen LogP contribution in [0.5, 0.6) is 5.75 Å². The lowest BCUT2D eigenvalue weighted by Gasteiger charge is -2.34. The highest BCUT2D eigenvalue weighted by Crippen LogP contribution is 2.24. The third kappa shape index (κ3) is 4.89. The average molecular weight is 416 g/mol. The van der Waals surface area contributed by atoms with E-state index in [1.807, 2.05) is 6.07 Å². The number of benzene rings is 2. The van der Waals surface area contributed by atoms with Crippen molar-refractivity contribution in [1.29, 1.82) is 0 Å². The molecule has 1 aromatic heterocycles. The summed E-state index contributed by atoms with van der Waals surface area (Å²) < 4.78 is 31.9. The molecule has 3 aromatic rings. The zero-order chi connectivity index (χ0) is 20.2. The molecule has 0 unspecified atom stereocenters. The first-order valence-electron chi connectivity index (χ1n) is 9.47. The van der Waals surface area contributed by atoms with Gasteiger partial charge in [-0.15, -0.1) is 10.2 Å². The molecule has 0 aliphatic carbocycles. The van der Waals surface area contributed by atoms with Crippen LogP contribution in [-0.2, 0) is 13.0 Å². The van der Waals surface area contributed by atoms with Crippen molar-refractivity contribution < 1.29 is 13.5 Å². The zero-order valence-corrected chi connectivity index (χ0v) is 17.0. The summed E-state index contributed by atoms with van der Waals surface area (Å²) in [5.74, 6) is -0.292. The maximum atomic E-state index is 13.9. The van der Waals surface area contributed by atoms with E-state index < -0.39 is 0 Å². The van der Waals surface area contributed by atoms with Gasteiger partial charge in [0.1, 0.15) is 10.8 Å². The molecule has 4 rings (SSSR count). The molecule has 1 fully saturated rings. The predicted molar refractivity (Wildman–Crippen MR) is 110 cm³/mol. The summed E-state index contributed by atoms with van der Waals surface area (Å²) in [5, 5.41) is 10.5. The summed E-state index contributed by atoms with van der Waals surface area (Å²) in [5.41, 5.74) is 1.96. The van der Waals surface area contributed by atoms with E-state index in [2.05, 4.69) is 20.0 Å². The van der Waals surface area contributed by atoms with Crippen LogP contribution in [-0.4, -0.2) is 48.4 Å². The van der Waals surface area contributed by atoms with Crippen molar-refractivity contribution in [2.45, 2.75) is 13.0 Å². The lowest BCUT2D eigenvalue weighted by molar-refractivity contribution is 0.249. The van der Waals surface area contributed by atoms with Crippen LogP contribution in [0.3, 0.4) is 0 Å². The van der Waals surface area contributed by atoms with Crippen LogP contribution < -0.4 is 9.64 Å². The lowest BCUT2D eigenvalue weighted by atomic mass is 10.2. The topological polar surface area (TPSA) is 41.5 Å². The van der Waals surface area contributed by atoms with Crippen molar-refractivity contribution in [3.63, 3.8) is 0 Å². The monoisotopic (exact) mass is 416 g/mol. The standard InChI is InChI=1S/C21H22F2N4OS/c1-28-19-7-4-16(12-18(19)23)14-26-8-10-27(11-9-26)21-25-24-20(29-21)13-15-2-5-17(22)6-3-15/h2-7,12H,8-11,13-14H2,1H3. The van der Waals surface area contributed by atoms with E-state index in [1.54, 1.807) is 29.5 Å². The van der Waals surface area contributed by atoms with Crippen LogP contribution in [0.15, 0.2) is 42.5 Å². The molecule has 1 aliphatic heterocycles. The highest BCUT2D eigenvalue weighted by Gasteiger charge is 2.20. The largest absolute Gasteiger partial charge is 0.494 e. The number of anilines is 1. The maximum absolute atomic E-state index is 13.9. The number of methoxy groups -OCH3 is 1. The number of ether oxygens (including phenoxy) is 1. The van der Waals surface area contributed by atoms with Gasteiger partial charge in [0, 0.05) is 39.1 Å². The van der Waals surface area contributed by atoms with Gasteiger partial charge in [-0.1, -0.05) is 29.5 Å². The van der Waals surface area contributed by atoms with Crippen molar-refractivity contribution in [3.8, 4) is 5.75 Å². The van der Waals surface area contributed by atoms with Crippen molar-refractivity contribution in [1.82, 2.24) is 15.1 Å².